The Morgan fingerprint density at radius 1 is 1.21 bits per heavy atom. The lowest BCUT2D eigenvalue weighted by atomic mass is 10.1. The summed E-state index contributed by atoms with van der Waals surface area (Å²) in [5.74, 6) is 0.533. The van der Waals surface area contributed by atoms with Crippen LogP contribution in [0, 0.1) is 0 Å². The van der Waals surface area contributed by atoms with Crippen LogP contribution in [0.1, 0.15) is 24.5 Å². The molecule has 2 N–H and O–H groups in total. The SMILES string of the molecule is O=C(NCC1CCCN1)C(Oc1ccccc1Br)c1ccccc1. The van der Waals surface area contributed by atoms with Gasteiger partial charge < -0.3 is 15.4 Å². The van der Waals surface area contributed by atoms with Gasteiger partial charge in [-0.15, -0.1) is 0 Å². The molecule has 24 heavy (non-hydrogen) atoms. The van der Waals surface area contributed by atoms with Crippen molar-refractivity contribution in [2.45, 2.75) is 25.0 Å². The number of ether oxygens (including phenoxy) is 1. The van der Waals surface area contributed by atoms with Gasteiger partial charge in [-0.25, -0.2) is 0 Å². The fraction of sp³-hybridized carbons (Fsp3) is 0.316. The molecule has 0 radical (unpaired) electrons. The molecule has 2 unspecified atom stereocenters. The zero-order valence-electron chi connectivity index (χ0n) is 13.4. The molecule has 0 aliphatic carbocycles. The third-order valence-electron chi connectivity index (χ3n) is 4.11. The van der Waals surface area contributed by atoms with Crippen molar-refractivity contribution >= 4 is 21.8 Å². The molecule has 0 spiro atoms. The molecule has 3 rings (SSSR count). The summed E-state index contributed by atoms with van der Waals surface area (Å²) in [6, 6.07) is 17.5. The van der Waals surface area contributed by atoms with Gasteiger partial charge >= 0.3 is 0 Å². The van der Waals surface area contributed by atoms with Crippen LogP contribution in [0.15, 0.2) is 59.1 Å². The van der Waals surface area contributed by atoms with Gasteiger partial charge in [-0.3, -0.25) is 4.79 Å². The second-order valence-corrected chi connectivity index (χ2v) is 6.73. The molecule has 0 saturated carbocycles. The first-order valence-electron chi connectivity index (χ1n) is 8.21. The molecule has 2 aromatic rings. The Balaban J connectivity index is 1.74. The van der Waals surface area contributed by atoms with Crippen LogP contribution in [0.5, 0.6) is 5.75 Å². The summed E-state index contributed by atoms with van der Waals surface area (Å²) in [5.41, 5.74) is 0.838. The molecule has 5 heteroatoms. The Kier molecular flexibility index (Phi) is 5.88. The van der Waals surface area contributed by atoms with Gasteiger partial charge in [-0.1, -0.05) is 42.5 Å². The van der Waals surface area contributed by atoms with Gasteiger partial charge in [0.05, 0.1) is 4.47 Å². The Bertz CT molecular complexity index is 672. The Morgan fingerprint density at radius 2 is 1.96 bits per heavy atom. The van der Waals surface area contributed by atoms with Gasteiger partial charge in [0.1, 0.15) is 5.75 Å². The van der Waals surface area contributed by atoms with E-state index in [4.69, 9.17) is 4.74 Å². The number of amides is 1. The van der Waals surface area contributed by atoms with Gasteiger partial charge in [-0.2, -0.15) is 0 Å². The van der Waals surface area contributed by atoms with E-state index >= 15 is 0 Å². The van der Waals surface area contributed by atoms with Crippen molar-refractivity contribution in [1.29, 1.82) is 0 Å². The maximum Gasteiger partial charge on any atom is 0.265 e. The van der Waals surface area contributed by atoms with E-state index in [1.807, 2.05) is 54.6 Å². The molecule has 1 aliphatic heterocycles. The largest absolute Gasteiger partial charge is 0.475 e. The number of hydrogen-bond donors (Lipinski definition) is 2. The number of halogens is 1. The van der Waals surface area contributed by atoms with Gasteiger partial charge in [-0.05, 0) is 47.4 Å². The molecule has 1 aliphatic rings. The van der Waals surface area contributed by atoms with E-state index in [1.54, 1.807) is 0 Å². The van der Waals surface area contributed by atoms with Crippen LogP contribution in [0.3, 0.4) is 0 Å². The first kappa shape index (κ1) is 17.0. The molecule has 2 atom stereocenters. The number of carbonyl (C=O) groups is 1. The number of rotatable bonds is 6. The predicted octanol–water partition coefficient (Wildman–Crippen LogP) is 3.44. The van der Waals surface area contributed by atoms with Gasteiger partial charge in [0.2, 0.25) is 6.10 Å². The summed E-state index contributed by atoms with van der Waals surface area (Å²) in [7, 11) is 0. The molecule has 0 aromatic heterocycles. The maximum atomic E-state index is 12.7. The van der Waals surface area contributed by atoms with Gasteiger partial charge in [0.15, 0.2) is 0 Å². The molecule has 2 aromatic carbocycles. The van der Waals surface area contributed by atoms with Crippen LogP contribution in [0.25, 0.3) is 0 Å². The number of nitrogens with one attached hydrogen (secondary N) is 2. The van der Waals surface area contributed by atoms with Crippen LogP contribution in [0.2, 0.25) is 0 Å². The average Bonchev–Trinajstić information content (AvgIpc) is 3.13. The molecule has 1 saturated heterocycles. The lowest BCUT2D eigenvalue weighted by molar-refractivity contribution is -0.128. The minimum atomic E-state index is -0.675. The van der Waals surface area contributed by atoms with E-state index in [9.17, 15) is 4.79 Å². The molecule has 4 nitrogen and oxygen atoms in total. The molecule has 1 fully saturated rings. The second kappa shape index (κ2) is 8.31. The number of para-hydroxylation sites is 1. The van der Waals surface area contributed by atoms with Gasteiger partial charge in [0, 0.05) is 18.2 Å². The standard InChI is InChI=1S/C19H21BrN2O2/c20-16-10-4-5-11-17(16)24-18(14-7-2-1-3-8-14)19(23)22-13-15-9-6-12-21-15/h1-5,7-8,10-11,15,18,21H,6,9,12-13H2,(H,22,23). The summed E-state index contributed by atoms with van der Waals surface area (Å²) in [5, 5.41) is 6.41. The predicted molar refractivity (Wildman–Crippen MR) is 98.0 cm³/mol. The van der Waals surface area contributed by atoms with Crippen molar-refractivity contribution in [3.63, 3.8) is 0 Å². The van der Waals surface area contributed by atoms with Crippen LogP contribution in [0.4, 0.5) is 0 Å². The Labute approximate surface area is 150 Å². The third kappa shape index (κ3) is 4.36. The maximum absolute atomic E-state index is 12.7. The minimum Gasteiger partial charge on any atom is -0.475 e. The van der Waals surface area contributed by atoms with E-state index in [0.717, 1.165) is 29.4 Å². The highest BCUT2D eigenvalue weighted by Crippen LogP contribution is 2.29. The zero-order valence-corrected chi connectivity index (χ0v) is 15.0. The van der Waals surface area contributed by atoms with Crippen molar-refractivity contribution in [2.24, 2.45) is 0 Å². The molecular weight excluding hydrogens is 368 g/mol. The van der Waals surface area contributed by atoms with E-state index in [0.29, 0.717) is 18.3 Å². The van der Waals surface area contributed by atoms with Crippen LogP contribution in [-0.4, -0.2) is 25.0 Å². The highest BCUT2D eigenvalue weighted by molar-refractivity contribution is 9.10. The van der Waals surface area contributed by atoms with Crippen molar-refractivity contribution in [3.05, 3.63) is 64.6 Å². The lowest BCUT2D eigenvalue weighted by Gasteiger charge is -2.21. The smallest absolute Gasteiger partial charge is 0.265 e. The Morgan fingerprint density at radius 3 is 2.67 bits per heavy atom. The monoisotopic (exact) mass is 388 g/mol. The van der Waals surface area contributed by atoms with E-state index < -0.39 is 6.10 Å². The highest BCUT2D eigenvalue weighted by atomic mass is 79.9. The van der Waals surface area contributed by atoms with Crippen molar-refractivity contribution < 1.29 is 9.53 Å². The number of hydrogen-bond acceptors (Lipinski definition) is 3. The minimum absolute atomic E-state index is 0.120. The van der Waals surface area contributed by atoms with Crippen molar-refractivity contribution in [3.8, 4) is 5.75 Å². The topological polar surface area (TPSA) is 50.4 Å². The van der Waals surface area contributed by atoms with Crippen molar-refractivity contribution in [1.82, 2.24) is 10.6 Å². The quantitative estimate of drug-likeness (QED) is 0.796. The van der Waals surface area contributed by atoms with Crippen LogP contribution >= 0.6 is 15.9 Å². The second-order valence-electron chi connectivity index (χ2n) is 5.88. The first-order valence-corrected chi connectivity index (χ1v) is 9.00. The fourth-order valence-electron chi connectivity index (χ4n) is 2.82. The molecular formula is C19H21BrN2O2. The van der Waals surface area contributed by atoms with E-state index in [2.05, 4.69) is 26.6 Å². The van der Waals surface area contributed by atoms with E-state index in [-0.39, 0.29) is 5.91 Å². The summed E-state index contributed by atoms with van der Waals surface area (Å²) < 4.78 is 6.86. The van der Waals surface area contributed by atoms with Gasteiger partial charge in [0.25, 0.3) is 5.91 Å². The molecule has 126 valence electrons. The Hall–Kier alpha value is -1.85. The first-order chi connectivity index (χ1) is 11.7. The molecule has 1 heterocycles. The normalized spacial score (nSPS) is 18.1. The molecule has 1 amide bonds. The van der Waals surface area contributed by atoms with Crippen molar-refractivity contribution in [2.75, 3.05) is 13.1 Å². The van der Waals surface area contributed by atoms with Crippen LogP contribution < -0.4 is 15.4 Å². The summed E-state index contributed by atoms with van der Waals surface area (Å²) in [6.07, 6.45) is 1.59. The summed E-state index contributed by atoms with van der Waals surface area (Å²) in [4.78, 5) is 12.7. The number of benzene rings is 2. The highest BCUT2D eigenvalue weighted by Gasteiger charge is 2.24. The fourth-order valence-corrected chi connectivity index (χ4v) is 3.19. The lowest BCUT2D eigenvalue weighted by Crippen LogP contribution is -2.40. The zero-order chi connectivity index (χ0) is 16.8. The third-order valence-corrected chi connectivity index (χ3v) is 4.76. The van der Waals surface area contributed by atoms with Crippen LogP contribution in [-0.2, 0) is 4.79 Å². The van der Waals surface area contributed by atoms with E-state index in [1.165, 1.54) is 0 Å². The summed E-state index contributed by atoms with van der Waals surface area (Å²) in [6.45, 7) is 1.65. The average molecular weight is 389 g/mol. The number of carbonyl (C=O) groups excluding carboxylic acids is 1. The summed E-state index contributed by atoms with van der Waals surface area (Å²) >= 11 is 3.47. The molecule has 0 bridgehead atoms.